The van der Waals surface area contributed by atoms with Crippen LogP contribution < -0.4 is 4.90 Å². The van der Waals surface area contributed by atoms with E-state index >= 15 is 0 Å². The monoisotopic (exact) mass is 347 g/mol. The first-order valence-corrected chi connectivity index (χ1v) is 9.02. The van der Waals surface area contributed by atoms with E-state index in [9.17, 15) is 4.39 Å². The molecule has 0 spiro atoms. The average Bonchev–Trinajstić information content (AvgIpc) is 2.70. The van der Waals surface area contributed by atoms with Crippen molar-refractivity contribution in [3.63, 3.8) is 0 Å². The van der Waals surface area contributed by atoms with Crippen LogP contribution in [0.1, 0.15) is 5.69 Å². The summed E-state index contributed by atoms with van der Waals surface area (Å²) in [5, 5.41) is 0. The molecule has 4 heteroatoms. The Kier molecular flexibility index (Phi) is 4.93. The maximum absolute atomic E-state index is 14.0. The summed E-state index contributed by atoms with van der Waals surface area (Å²) in [5.41, 5.74) is 4.18. The topological polar surface area (TPSA) is 19.4 Å². The van der Waals surface area contributed by atoms with E-state index in [2.05, 4.69) is 51.2 Å². The molecule has 0 bridgehead atoms. The van der Waals surface area contributed by atoms with E-state index in [0.717, 1.165) is 38.4 Å². The Morgan fingerprint density at radius 1 is 0.808 bits per heavy atom. The summed E-state index contributed by atoms with van der Waals surface area (Å²) in [4.78, 5) is 9.04. The van der Waals surface area contributed by atoms with E-state index in [1.165, 1.54) is 17.2 Å². The fourth-order valence-corrected chi connectivity index (χ4v) is 3.46. The molecule has 1 saturated heterocycles. The number of para-hydroxylation sites is 1. The molecule has 3 nitrogen and oxygen atoms in total. The van der Waals surface area contributed by atoms with Gasteiger partial charge in [0.25, 0.3) is 0 Å². The predicted molar refractivity (Wildman–Crippen MR) is 104 cm³/mol. The van der Waals surface area contributed by atoms with E-state index in [4.69, 9.17) is 0 Å². The molecule has 0 amide bonds. The zero-order valence-corrected chi connectivity index (χ0v) is 14.7. The van der Waals surface area contributed by atoms with E-state index < -0.39 is 0 Å². The van der Waals surface area contributed by atoms with Crippen LogP contribution in [0, 0.1) is 5.82 Å². The van der Waals surface area contributed by atoms with Crippen LogP contribution in [0.15, 0.2) is 72.9 Å². The molecular formula is C22H22FN3. The third-order valence-electron chi connectivity index (χ3n) is 4.87. The number of halogens is 1. The molecule has 0 radical (unpaired) electrons. The largest absolute Gasteiger partial charge is 0.367 e. The number of nitrogens with zero attached hydrogens (tertiary/aromatic N) is 3. The molecule has 1 aliphatic rings. The molecule has 132 valence electrons. The molecular weight excluding hydrogens is 325 g/mol. The van der Waals surface area contributed by atoms with Crippen LogP contribution in [0.5, 0.6) is 0 Å². The first-order valence-electron chi connectivity index (χ1n) is 9.02. The van der Waals surface area contributed by atoms with Gasteiger partial charge in [0, 0.05) is 38.9 Å². The number of hydrogen-bond acceptors (Lipinski definition) is 3. The summed E-state index contributed by atoms with van der Waals surface area (Å²) < 4.78 is 14.0. The van der Waals surface area contributed by atoms with Crippen molar-refractivity contribution >= 4 is 5.69 Å². The van der Waals surface area contributed by atoms with Gasteiger partial charge in [0.2, 0.25) is 0 Å². The molecule has 0 N–H and O–H groups in total. The maximum Gasteiger partial charge on any atom is 0.146 e. The van der Waals surface area contributed by atoms with E-state index in [0.29, 0.717) is 5.69 Å². The summed E-state index contributed by atoms with van der Waals surface area (Å²) in [5.74, 6) is -0.141. The molecule has 2 aromatic carbocycles. The van der Waals surface area contributed by atoms with Gasteiger partial charge in [-0.05, 0) is 35.4 Å². The van der Waals surface area contributed by atoms with Crippen molar-refractivity contribution in [3.8, 4) is 11.1 Å². The number of hydrogen-bond donors (Lipinski definition) is 0. The standard InChI is InChI=1S/C22H22FN3/c23-21-8-4-5-9-22(21)26-14-12-25(13-15-26)17-20-16-19(10-11-24-20)18-6-2-1-3-7-18/h1-11,16H,12-15,17H2. The molecule has 0 atom stereocenters. The van der Waals surface area contributed by atoms with Crippen LogP contribution in [0.25, 0.3) is 11.1 Å². The molecule has 0 unspecified atom stereocenters. The van der Waals surface area contributed by atoms with Crippen molar-refractivity contribution in [2.45, 2.75) is 6.54 Å². The van der Waals surface area contributed by atoms with Gasteiger partial charge in [-0.15, -0.1) is 0 Å². The number of anilines is 1. The van der Waals surface area contributed by atoms with Crippen LogP contribution in [0.2, 0.25) is 0 Å². The van der Waals surface area contributed by atoms with Crippen molar-refractivity contribution in [2.75, 3.05) is 31.1 Å². The summed E-state index contributed by atoms with van der Waals surface area (Å²) in [6.07, 6.45) is 1.88. The zero-order chi connectivity index (χ0) is 17.8. The number of aromatic nitrogens is 1. The first-order chi connectivity index (χ1) is 12.8. The summed E-state index contributed by atoms with van der Waals surface area (Å²) >= 11 is 0. The summed E-state index contributed by atoms with van der Waals surface area (Å²) in [6.45, 7) is 4.31. The van der Waals surface area contributed by atoms with Crippen molar-refractivity contribution in [1.29, 1.82) is 0 Å². The number of piperazine rings is 1. The Morgan fingerprint density at radius 3 is 2.31 bits per heavy atom. The molecule has 26 heavy (non-hydrogen) atoms. The molecule has 0 aliphatic carbocycles. The van der Waals surface area contributed by atoms with Crippen molar-refractivity contribution in [1.82, 2.24) is 9.88 Å². The lowest BCUT2D eigenvalue weighted by molar-refractivity contribution is 0.246. The van der Waals surface area contributed by atoms with Crippen LogP contribution >= 0.6 is 0 Å². The third kappa shape index (κ3) is 3.75. The first kappa shape index (κ1) is 16.7. The SMILES string of the molecule is Fc1ccccc1N1CCN(Cc2cc(-c3ccccc3)ccn2)CC1. The van der Waals surface area contributed by atoms with Crippen molar-refractivity contribution in [3.05, 3.63) is 84.4 Å². The van der Waals surface area contributed by atoms with Crippen LogP contribution in [-0.2, 0) is 6.54 Å². The highest BCUT2D eigenvalue weighted by Crippen LogP contribution is 2.22. The van der Waals surface area contributed by atoms with Gasteiger partial charge in [-0.2, -0.15) is 0 Å². The average molecular weight is 347 g/mol. The highest BCUT2D eigenvalue weighted by molar-refractivity contribution is 5.63. The lowest BCUT2D eigenvalue weighted by Crippen LogP contribution is -2.46. The normalized spacial score (nSPS) is 15.2. The highest BCUT2D eigenvalue weighted by Gasteiger charge is 2.19. The van der Waals surface area contributed by atoms with E-state index in [-0.39, 0.29) is 5.82 Å². The van der Waals surface area contributed by atoms with Crippen molar-refractivity contribution < 1.29 is 4.39 Å². The number of pyridine rings is 1. The fourth-order valence-electron chi connectivity index (χ4n) is 3.46. The van der Waals surface area contributed by atoms with Gasteiger partial charge in [-0.25, -0.2) is 4.39 Å². The quantitative estimate of drug-likeness (QED) is 0.705. The molecule has 1 aliphatic heterocycles. The van der Waals surface area contributed by atoms with E-state index in [1.807, 2.05) is 24.4 Å². The molecule has 4 rings (SSSR count). The summed E-state index contributed by atoms with van der Waals surface area (Å²) in [6, 6.07) is 21.6. The fraction of sp³-hybridized carbons (Fsp3) is 0.227. The minimum Gasteiger partial charge on any atom is -0.367 e. The second-order valence-corrected chi connectivity index (χ2v) is 6.62. The minimum atomic E-state index is -0.141. The smallest absolute Gasteiger partial charge is 0.146 e. The zero-order valence-electron chi connectivity index (χ0n) is 14.7. The van der Waals surface area contributed by atoms with Gasteiger partial charge in [-0.3, -0.25) is 9.88 Å². The van der Waals surface area contributed by atoms with Gasteiger partial charge in [0.15, 0.2) is 0 Å². The summed E-state index contributed by atoms with van der Waals surface area (Å²) in [7, 11) is 0. The van der Waals surface area contributed by atoms with Gasteiger partial charge in [0.1, 0.15) is 5.82 Å². The molecule has 1 fully saturated rings. The molecule has 0 saturated carbocycles. The lowest BCUT2D eigenvalue weighted by atomic mass is 10.1. The third-order valence-corrected chi connectivity index (χ3v) is 4.87. The van der Waals surface area contributed by atoms with Crippen LogP contribution in [0.4, 0.5) is 10.1 Å². The molecule has 2 heterocycles. The Labute approximate surface area is 153 Å². The van der Waals surface area contributed by atoms with Gasteiger partial charge < -0.3 is 4.90 Å². The minimum absolute atomic E-state index is 0.141. The van der Waals surface area contributed by atoms with Crippen LogP contribution in [-0.4, -0.2) is 36.1 Å². The maximum atomic E-state index is 14.0. The predicted octanol–water partition coefficient (Wildman–Crippen LogP) is 4.21. The molecule has 1 aromatic heterocycles. The second kappa shape index (κ2) is 7.67. The Balaban J connectivity index is 1.40. The lowest BCUT2D eigenvalue weighted by Gasteiger charge is -2.36. The Morgan fingerprint density at radius 2 is 1.54 bits per heavy atom. The number of rotatable bonds is 4. The Bertz CT molecular complexity index is 858. The number of benzene rings is 2. The Hall–Kier alpha value is -2.72. The second-order valence-electron chi connectivity index (χ2n) is 6.62. The highest BCUT2D eigenvalue weighted by atomic mass is 19.1. The van der Waals surface area contributed by atoms with Crippen LogP contribution in [0.3, 0.4) is 0 Å². The molecule has 3 aromatic rings. The van der Waals surface area contributed by atoms with Gasteiger partial charge in [0.05, 0.1) is 11.4 Å². The van der Waals surface area contributed by atoms with Gasteiger partial charge >= 0.3 is 0 Å². The van der Waals surface area contributed by atoms with Gasteiger partial charge in [-0.1, -0.05) is 42.5 Å². The van der Waals surface area contributed by atoms with Crippen molar-refractivity contribution in [2.24, 2.45) is 0 Å². The van der Waals surface area contributed by atoms with E-state index in [1.54, 1.807) is 6.07 Å².